The molecular formula is C12H16N2O4S. The number of nitrogens with zero attached hydrogens (tertiary/aromatic N) is 1. The van der Waals surface area contributed by atoms with E-state index in [9.17, 15) is 20.0 Å². The number of amides is 1. The Balaban J connectivity index is 2.00. The minimum atomic E-state index is -0.526. The second-order valence-electron chi connectivity index (χ2n) is 4.68. The molecule has 0 saturated heterocycles. The molecule has 104 valence electrons. The molecule has 0 aliphatic heterocycles. The largest absolute Gasteiger partial charge is 0.391 e. The van der Waals surface area contributed by atoms with Gasteiger partial charge in [-0.2, -0.15) is 0 Å². The molecule has 1 heterocycles. The molecule has 1 saturated carbocycles. The van der Waals surface area contributed by atoms with Crippen LogP contribution in [-0.2, 0) is 0 Å². The molecule has 19 heavy (non-hydrogen) atoms. The van der Waals surface area contributed by atoms with Gasteiger partial charge in [0.15, 0.2) is 0 Å². The molecule has 1 aliphatic rings. The van der Waals surface area contributed by atoms with Gasteiger partial charge in [-0.15, -0.1) is 0 Å². The number of aliphatic hydroxyl groups excluding tert-OH is 1. The van der Waals surface area contributed by atoms with Crippen molar-refractivity contribution < 1.29 is 14.8 Å². The van der Waals surface area contributed by atoms with Gasteiger partial charge in [-0.1, -0.05) is 30.6 Å². The molecule has 1 aliphatic carbocycles. The summed E-state index contributed by atoms with van der Waals surface area (Å²) >= 11 is 0.851. The molecule has 2 N–H and O–H groups in total. The average Bonchev–Trinajstić information content (AvgIpc) is 2.78. The van der Waals surface area contributed by atoms with Crippen molar-refractivity contribution in [3.63, 3.8) is 0 Å². The van der Waals surface area contributed by atoms with Crippen molar-refractivity contribution in [3.8, 4) is 0 Å². The van der Waals surface area contributed by atoms with E-state index in [1.165, 1.54) is 12.1 Å². The molecule has 6 nitrogen and oxygen atoms in total. The molecule has 0 aromatic carbocycles. The summed E-state index contributed by atoms with van der Waals surface area (Å²) in [5.41, 5.74) is 0. The number of rotatable bonds is 3. The van der Waals surface area contributed by atoms with Gasteiger partial charge in [0, 0.05) is 6.07 Å². The molecule has 2 atom stereocenters. The number of aliphatic hydroxyl groups is 1. The van der Waals surface area contributed by atoms with Crippen molar-refractivity contribution in [2.75, 3.05) is 0 Å². The molecular weight excluding hydrogens is 268 g/mol. The molecule has 1 aromatic rings. The second kappa shape index (κ2) is 6.12. The molecule has 7 heteroatoms. The van der Waals surface area contributed by atoms with Gasteiger partial charge in [-0.05, 0) is 18.9 Å². The quantitative estimate of drug-likeness (QED) is 0.505. The van der Waals surface area contributed by atoms with E-state index >= 15 is 0 Å². The van der Waals surface area contributed by atoms with E-state index in [0.717, 1.165) is 37.0 Å². The van der Waals surface area contributed by atoms with Crippen molar-refractivity contribution in [1.82, 2.24) is 5.32 Å². The van der Waals surface area contributed by atoms with Crippen LogP contribution in [-0.4, -0.2) is 28.1 Å². The Morgan fingerprint density at radius 3 is 2.79 bits per heavy atom. The molecule has 2 rings (SSSR count). The highest BCUT2D eigenvalue weighted by molar-refractivity contribution is 7.17. The third-order valence-electron chi connectivity index (χ3n) is 3.29. The lowest BCUT2D eigenvalue weighted by Gasteiger charge is -2.21. The zero-order valence-corrected chi connectivity index (χ0v) is 11.2. The summed E-state index contributed by atoms with van der Waals surface area (Å²) in [7, 11) is 0. The van der Waals surface area contributed by atoms with Crippen LogP contribution in [0.15, 0.2) is 12.1 Å². The Kier molecular flexibility index (Phi) is 4.49. The molecule has 0 spiro atoms. The summed E-state index contributed by atoms with van der Waals surface area (Å²) in [5, 5.41) is 23.2. The fourth-order valence-electron chi connectivity index (χ4n) is 2.24. The maximum absolute atomic E-state index is 12.0. The Hall–Kier alpha value is -1.47. The van der Waals surface area contributed by atoms with E-state index in [-0.39, 0.29) is 17.0 Å². The Labute approximate surface area is 114 Å². The van der Waals surface area contributed by atoms with Crippen molar-refractivity contribution >= 4 is 22.2 Å². The van der Waals surface area contributed by atoms with Gasteiger partial charge in [0.1, 0.15) is 0 Å². The zero-order chi connectivity index (χ0) is 13.8. The van der Waals surface area contributed by atoms with Gasteiger partial charge in [0.2, 0.25) is 0 Å². The molecule has 0 bridgehead atoms. The van der Waals surface area contributed by atoms with Gasteiger partial charge in [0.25, 0.3) is 5.91 Å². The molecule has 2 unspecified atom stereocenters. The third-order valence-corrected chi connectivity index (χ3v) is 4.33. The number of nitrogens with one attached hydrogen (secondary N) is 1. The Morgan fingerprint density at radius 2 is 2.11 bits per heavy atom. The highest BCUT2D eigenvalue weighted by atomic mass is 32.1. The highest BCUT2D eigenvalue weighted by Gasteiger charge is 2.24. The summed E-state index contributed by atoms with van der Waals surface area (Å²) in [6.45, 7) is 0. The maximum Gasteiger partial charge on any atom is 0.324 e. The zero-order valence-electron chi connectivity index (χ0n) is 10.4. The topological polar surface area (TPSA) is 92.5 Å². The fourth-order valence-corrected chi connectivity index (χ4v) is 2.97. The number of hydrogen-bond donors (Lipinski definition) is 2. The van der Waals surface area contributed by atoms with Gasteiger partial charge in [-0.25, -0.2) is 0 Å². The van der Waals surface area contributed by atoms with E-state index in [2.05, 4.69) is 5.32 Å². The number of thiophene rings is 1. The van der Waals surface area contributed by atoms with E-state index in [1.807, 2.05) is 0 Å². The minimum Gasteiger partial charge on any atom is -0.391 e. The number of nitro groups is 1. The number of carbonyl (C=O) groups is 1. The van der Waals surface area contributed by atoms with Crippen LogP contribution in [0.3, 0.4) is 0 Å². The first kappa shape index (κ1) is 14.0. The Bertz CT molecular complexity index is 474. The molecule has 1 aromatic heterocycles. The minimum absolute atomic E-state index is 0.0495. The van der Waals surface area contributed by atoms with E-state index in [1.54, 1.807) is 0 Å². The predicted molar refractivity (Wildman–Crippen MR) is 71.3 cm³/mol. The summed E-state index contributed by atoms with van der Waals surface area (Å²) in [6, 6.07) is 2.51. The normalized spacial score (nSPS) is 23.6. The highest BCUT2D eigenvalue weighted by Crippen LogP contribution is 2.24. The maximum atomic E-state index is 12.0. The fraction of sp³-hybridized carbons (Fsp3) is 0.583. The van der Waals surface area contributed by atoms with Crippen LogP contribution in [0.25, 0.3) is 0 Å². The lowest BCUT2D eigenvalue weighted by atomic mass is 10.1. The summed E-state index contributed by atoms with van der Waals surface area (Å²) in [6.07, 6.45) is 3.93. The molecule has 1 amide bonds. The van der Waals surface area contributed by atoms with E-state index in [0.29, 0.717) is 11.3 Å². The molecule has 0 radical (unpaired) electrons. The Morgan fingerprint density at radius 1 is 1.37 bits per heavy atom. The summed E-state index contributed by atoms with van der Waals surface area (Å²) < 4.78 is 0. The summed E-state index contributed by atoms with van der Waals surface area (Å²) in [5.74, 6) is -0.343. The lowest BCUT2D eigenvalue weighted by Crippen LogP contribution is -2.42. The average molecular weight is 284 g/mol. The van der Waals surface area contributed by atoms with Crippen LogP contribution < -0.4 is 5.32 Å². The van der Waals surface area contributed by atoms with Crippen molar-refractivity contribution in [3.05, 3.63) is 27.1 Å². The first-order valence-corrected chi connectivity index (χ1v) is 7.13. The van der Waals surface area contributed by atoms with Crippen LogP contribution in [0.4, 0.5) is 5.00 Å². The van der Waals surface area contributed by atoms with Crippen molar-refractivity contribution in [2.24, 2.45) is 0 Å². The second-order valence-corrected chi connectivity index (χ2v) is 5.74. The van der Waals surface area contributed by atoms with Gasteiger partial charge < -0.3 is 10.4 Å². The summed E-state index contributed by atoms with van der Waals surface area (Å²) in [4.78, 5) is 22.3. The monoisotopic (exact) mass is 284 g/mol. The first-order chi connectivity index (χ1) is 9.08. The third kappa shape index (κ3) is 3.51. The predicted octanol–water partition coefficient (Wildman–Crippen LogP) is 2.08. The first-order valence-electron chi connectivity index (χ1n) is 6.31. The number of hydrogen-bond acceptors (Lipinski definition) is 5. The van der Waals surface area contributed by atoms with Crippen LogP contribution in [0.5, 0.6) is 0 Å². The van der Waals surface area contributed by atoms with Crippen LogP contribution >= 0.6 is 11.3 Å². The number of carbonyl (C=O) groups excluding carboxylic acids is 1. The van der Waals surface area contributed by atoms with Gasteiger partial charge in [-0.3, -0.25) is 14.9 Å². The lowest BCUT2D eigenvalue weighted by molar-refractivity contribution is -0.380. The van der Waals surface area contributed by atoms with Gasteiger partial charge in [0.05, 0.1) is 21.9 Å². The van der Waals surface area contributed by atoms with E-state index < -0.39 is 11.0 Å². The van der Waals surface area contributed by atoms with E-state index in [4.69, 9.17) is 0 Å². The van der Waals surface area contributed by atoms with Crippen molar-refractivity contribution in [1.29, 1.82) is 0 Å². The molecule has 1 fully saturated rings. The van der Waals surface area contributed by atoms with Crippen molar-refractivity contribution in [2.45, 2.75) is 44.2 Å². The van der Waals surface area contributed by atoms with Crippen LogP contribution in [0, 0.1) is 10.1 Å². The standard InChI is InChI=1S/C12H16N2O4S/c15-9-5-3-1-2-4-8(9)13-12(16)10-6-7-11(19-10)14(17)18/h6-9,15H,1-5H2,(H,13,16). The van der Waals surface area contributed by atoms with Gasteiger partial charge >= 0.3 is 5.00 Å². The van der Waals surface area contributed by atoms with Crippen LogP contribution in [0.1, 0.15) is 41.8 Å². The SMILES string of the molecule is O=C(NC1CCCCCC1O)c1ccc([N+](=O)[O-])s1. The smallest absolute Gasteiger partial charge is 0.324 e. The van der Waals surface area contributed by atoms with Crippen LogP contribution in [0.2, 0.25) is 0 Å².